The molecule has 1 heterocycles. The molecule has 0 spiro atoms. The van der Waals surface area contributed by atoms with Gasteiger partial charge in [0.15, 0.2) is 0 Å². The molecule has 5 nitrogen and oxygen atoms in total. The number of nitrogens with one attached hydrogen (secondary N) is 3. The van der Waals surface area contributed by atoms with Crippen LogP contribution in [0.15, 0.2) is 24.3 Å². The fourth-order valence-electron chi connectivity index (χ4n) is 2.32. The smallest absolute Gasteiger partial charge is 0.239 e. The predicted octanol–water partition coefficient (Wildman–Crippen LogP) is 1.08. The molecule has 0 aliphatic carbocycles. The molecule has 1 aromatic carbocycles. The van der Waals surface area contributed by atoms with Crippen LogP contribution in [0.2, 0.25) is 0 Å². The highest BCUT2D eigenvalue weighted by Crippen LogP contribution is 2.18. The fraction of sp³-hybridized carbons (Fsp3) is 0.500. The second-order valence-corrected chi connectivity index (χ2v) is 5.79. The molecule has 5 heteroatoms. The Hall–Kier alpha value is -1.88. The van der Waals surface area contributed by atoms with E-state index in [2.05, 4.69) is 54.1 Å². The molecule has 114 valence electrons. The lowest BCUT2D eigenvalue weighted by Gasteiger charge is -2.25. The van der Waals surface area contributed by atoms with Gasteiger partial charge < -0.3 is 10.6 Å². The van der Waals surface area contributed by atoms with Gasteiger partial charge in [0, 0.05) is 6.54 Å². The van der Waals surface area contributed by atoms with Gasteiger partial charge in [-0.05, 0) is 24.0 Å². The van der Waals surface area contributed by atoms with E-state index in [1.807, 2.05) is 6.92 Å². The van der Waals surface area contributed by atoms with Gasteiger partial charge in [-0.25, -0.2) is 0 Å². The number of hydrogen-bond donors (Lipinski definition) is 3. The molecule has 1 aliphatic heterocycles. The van der Waals surface area contributed by atoms with Gasteiger partial charge in [0.1, 0.15) is 6.04 Å². The molecule has 0 aromatic heterocycles. The van der Waals surface area contributed by atoms with Gasteiger partial charge >= 0.3 is 0 Å². The van der Waals surface area contributed by atoms with Crippen LogP contribution in [0.5, 0.6) is 0 Å². The summed E-state index contributed by atoms with van der Waals surface area (Å²) in [6.45, 7) is 6.80. The predicted molar refractivity (Wildman–Crippen MR) is 81.9 cm³/mol. The lowest BCUT2D eigenvalue weighted by molar-refractivity contribution is -0.127. The van der Waals surface area contributed by atoms with E-state index in [1.54, 1.807) is 0 Å². The fourth-order valence-corrected chi connectivity index (χ4v) is 2.32. The summed E-state index contributed by atoms with van der Waals surface area (Å²) in [5.74, 6) is 0.339. The number of carbonyl (C=O) groups excluding carboxylic acids is 2. The summed E-state index contributed by atoms with van der Waals surface area (Å²) < 4.78 is 0. The molecule has 0 bridgehead atoms. The van der Waals surface area contributed by atoms with Crippen molar-refractivity contribution in [3.63, 3.8) is 0 Å². The Morgan fingerprint density at radius 3 is 2.33 bits per heavy atom. The Labute approximate surface area is 125 Å². The first-order valence-electron chi connectivity index (χ1n) is 7.37. The third-order valence-corrected chi connectivity index (χ3v) is 3.79. The summed E-state index contributed by atoms with van der Waals surface area (Å²) >= 11 is 0. The zero-order valence-corrected chi connectivity index (χ0v) is 12.8. The maximum Gasteiger partial charge on any atom is 0.239 e. The van der Waals surface area contributed by atoms with Gasteiger partial charge in [-0.1, -0.05) is 38.1 Å². The lowest BCUT2D eigenvalue weighted by atomic mass is 9.99. The number of rotatable bonds is 4. The number of piperazine rings is 1. The van der Waals surface area contributed by atoms with E-state index in [-0.39, 0.29) is 30.4 Å². The minimum atomic E-state index is -0.361. The topological polar surface area (TPSA) is 70.2 Å². The molecule has 1 fully saturated rings. The van der Waals surface area contributed by atoms with Crippen molar-refractivity contribution in [1.82, 2.24) is 16.0 Å². The maximum absolute atomic E-state index is 12.1. The summed E-state index contributed by atoms with van der Waals surface area (Å²) in [6, 6.07) is 7.88. The third-order valence-electron chi connectivity index (χ3n) is 3.79. The first kappa shape index (κ1) is 15.5. The number of carbonyl (C=O) groups is 2. The highest BCUT2D eigenvalue weighted by atomic mass is 16.2. The summed E-state index contributed by atoms with van der Waals surface area (Å²) in [4.78, 5) is 23.2. The Bertz CT molecular complexity index is 501. The van der Waals surface area contributed by atoms with Crippen LogP contribution in [0, 0.1) is 0 Å². The molecule has 2 amide bonds. The average Bonchev–Trinajstić information content (AvgIpc) is 2.47. The summed E-state index contributed by atoms with van der Waals surface area (Å²) in [6.07, 6.45) is 0. The highest BCUT2D eigenvalue weighted by Gasteiger charge is 2.24. The number of benzene rings is 1. The van der Waals surface area contributed by atoms with Crippen molar-refractivity contribution in [1.29, 1.82) is 0 Å². The summed E-state index contributed by atoms with van der Waals surface area (Å²) in [7, 11) is 0. The maximum atomic E-state index is 12.1. The van der Waals surface area contributed by atoms with E-state index >= 15 is 0 Å². The van der Waals surface area contributed by atoms with Crippen LogP contribution in [-0.2, 0) is 9.59 Å². The second kappa shape index (κ2) is 6.72. The van der Waals surface area contributed by atoms with Gasteiger partial charge in [0.25, 0.3) is 0 Å². The van der Waals surface area contributed by atoms with Gasteiger partial charge in [-0.3, -0.25) is 14.9 Å². The number of amides is 2. The SMILES string of the molecule is CC(C)c1ccc(C(C)NC(=O)C2CNC(=O)CN2)cc1. The molecule has 2 unspecified atom stereocenters. The van der Waals surface area contributed by atoms with Crippen LogP contribution in [-0.4, -0.2) is 30.9 Å². The molecular weight excluding hydrogens is 266 g/mol. The van der Waals surface area contributed by atoms with Crippen molar-refractivity contribution < 1.29 is 9.59 Å². The van der Waals surface area contributed by atoms with E-state index in [0.717, 1.165) is 5.56 Å². The zero-order valence-electron chi connectivity index (χ0n) is 12.8. The molecule has 21 heavy (non-hydrogen) atoms. The minimum Gasteiger partial charge on any atom is -0.353 e. The third kappa shape index (κ3) is 4.04. The molecular formula is C16H23N3O2. The Balaban J connectivity index is 1.92. The number of hydrogen-bond acceptors (Lipinski definition) is 3. The van der Waals surface area contributed by atoms with Gasteiger partial charge in [-0.2, -0.15) is 0 Å². The van der Waals surface area contributed by atoms with Crippen molar-refractivity contribution >= 4 is 11.8 Å². The second-order valence-electron chi connectivity index (χ2n) is 5.79. The van der Waals surface area contributed by atoms with Crippen LogP contribution in [0.1, 0.15) is 43.9 Å². The largest absolute Gasteiger partial charge is 0.353 e. The van der Waals surface area contributed by atoms with Crippen LogP contribution in [0.25, 0.3) is 0 Å². The molecule has 2 rings (SSSR count). The van der Waals surface area contributed by atoms with Gasteiger partial charge in [0.05, 0.1) is 12.6 Å². The first-order chi connectivity index (χ1) is 9.97. The molecule has 3 N–H and O–H groups in total. The monoisotopic (exact) mass is 289 g/mol. The molecule has 0 radical (unpaired) electrons. The Morgan fingerprint density at radius 2 is 1.81 bits per heavy atom. The van der Waals surface area contributed by atoms with Crippen LogP contribution >= 0.6 is 0 Å². The van der Waals surface area contributed by atoms with E-state index in [4.69, 9.17) is 0 Å². The highest BCUT2D eigenvalue weighted by molar-refractivity contribution is 5.86. The summed E-state index contributed by atoms with van der Waals surface area (Å²) in [5.41, 5.74) is 2.36. The molecule has 2 atom stereocenters. The standard InChI is InChI=1S/C16H23N3O2/c1-10(2)12-4-6-13(7-5-12)11(3)19-16(21)14-8-18-15(20)9-17-14/h4-7,10-11,14,17H,8-9H2,1-3H3,(H,18,20)(H,19,21). The lowest BCUT2D eigenvalue weighted by Crippen LogP contribution is -2.58. The molecule has 1 saturated heterocycles. The average molecular weight is 289 g/mol. The Kier molecular flexibility index (Phi) is 4.96. The Morgan fingerprint density at radius 1 is 1.19 bits per heavy atom. The molecule has 1 aromatic rings. The zero-order chi connectivity index (χ0) is 15.4. The van der Waals surface area contributed by atoms with Crippen LogP contribution in [0.4, 0.5) is 0 Å². The minimum absolute atomic E-state index is 0.0573. The van der Waals surface area contributed by atoms with Crippen LogP contribution in [0.3, 0.4) is 0 Å². The molecule has 1 aliphatic rings. The first-order valence-corrected chi connectivity index (χ1v) is 7.37. The molecule has 0 saturated carbocycles. The normalized spacial score (nSPS) is 20.0. The van der Waals surface area contributed by atoms with Crippen molar-refractivity contribution in [2.75, 3.05) is 13.1 Å². The quantitative estimate of drug-likeness (QED) is 0.776. The van der Waals surface area contributed by atoms with Crippen LogP contribution < -0.4 is 16.0 Å². The van der Waals surface area contributed by atoms with Crippen molar-refractivity contribution in [3.05, 3.63) is 35.4 Å². The van der Waals surface area contributed by atoms with Crippen molar-refractivity contribution in [3.8, 4) is 0 Å². The van der Waals surface area contributed by atoms with Gasteiger partial charge in [-0.15, -0.1) is 0 Å². The van der Waals surface area contributed by atoms with E-state index < -0.39 is 0 Å². The van der Waals surface area contributed by atoms with E-state index in [9.17, 15) is 9.59 Å². The van der Waals surface area contributed by atoms with Crippen molar-refractivity contribution in [2.45, 2.75) is 38.8 Å². The van der Waals surface area contributed by atoms with Crippen molar-refractivity contribution in [2.24, 2.45) is 0 Å². The summed E-state index contributed by atoms with van der Waals surface area (Å²) in [5, 5.41) is 8.59. The van der Waals surface area contributed by atoms with E-state index in [0.29, 0.717) is 12.5 Å². The van der Waals surface area contributed by atoms with E-state index in [1.165, 1.54) is 5.56 Å². The van der Waals surface area contributed by atoms with Gasteiger partial charge in [0.2, 0.25) is 11.8 Å².